The Labute approximate surface area is 477 Å². The van der Waals surface area contributed by atoms with E-state index in [9.17, 15) is 19.0 Å². The second-order valence-electron chi connectivity index (χ2n) is 20.6. The number of hydrogen-bond acceptors (Lipinski definition) is 8. The third-order valence-electron chi connectivity index (χ3n) is 12.0. The quantitative estimate of drug-likeness (QED) is 0.0195. The number of carbonyl (C=O) groups is 2. The predicted molar refractivity (Wildman–Crippen MR) is 332 cm³/mol. The molecule has 0 rings (SSSR count). The normalized spacial score (nSPS) is 14.4. The van der Waals surface area contributed by atoms with Gasteiger partial charge in [0.1, 0.15) is 19.8 Å². The van der Waals surface area contributed by atoms with Crippen molar-refractivity contribution in [1.29, 1.82) is 0 Å². The van der Waals surface area contributed by atoms with Gasteiger partial charge in [0.2, 0.25) is 0 Å². The van der Waals surface area contributed by atoms with E-state index in [2.05, 4.69) is 172 Å². The van der Waals surface area contributed by atoms with E-state index in [0.29, 0.717) is 23.9 Å². The smallest absolute Gasteiger partial charge is 0.306 e. The Bertz CT molecular complexity index is 1870. The number of ether oxygens (including phenoxy) is 2. The lowest BCUT2D eigenvalue weighted by atomic mass is 10.1. The highest BCUT2D eigenvalue weighted by atomic mass is 31.2. The first-order valence-electron chi connectivity index (χ1n) is 30.2. The van der Waals surface area contributed by atoms with Crippen molar-refractivity contribution < 1.29 is 42.1 Å². The molecule has 0 aromatic carbocycles. The summed E-state index contributed by atoms with van der Waals surface area (Å²) in [5.41, 5.74) is 0. The largest absolute Gasteiger partial charge is 0.756 e. The van der Waals surface area contributed by atoms with Crippen molar-refractivity contribution in [1.82, 2.24) is 0 Å². The first-order chi connectivity index (χ1) is 38.0. The summed E-state index contributed by atoms with van der Waals surface area (Å²) < 4.78 is 34.0. The second-order valence-corrected chi connectivity index (χ2v) is 22.0. The van der Waals surface area contributed by atoms with E-state index >= 15 is 0 Å². The van der Waals surface area contributed by atoms with Crippen LogP contribution in [0.4, 0.5) is 0 Å². The first kappa shape index (κ1) is 73.6. The summed E-state index contributed by atoms with van der Waals surface area (Å²) in [6.45, 7) is 4.00. The van der Waals surface area contributed by atoms with E-state index in [1.165, 1.54) is 19.3 Å². The van der Waals surface area contributed by atoms with E-state index in [4.69, 9.17) is 18.5 Å². The fraction of sp³-hybridized carbons (Fsp3) is 0.588. The number of allylic oxidation sites excluding steroid dienone is 26. The van der Waals surface area contributed by atoms with Crippen LogP contribution in [0.3, 0.4) is 0 Å². The van der Waals surface area contributed by atoms with Crippen molar-refractivity contribution >= 4 is 19.8 Å². The maximum absolute atomic E-state index is 12.8. The third kappa shape index (κ3) is 60.9. The summed E-state index contributed by atoms with van der Waals surface area (Å²) >= 11 is 0. The van der Waals surface area contributed by atoms with Crippen LogP contribution in [0, 0.1) is 0 Å². The number of phosphoric ester groups is 1. The Hall–Kier alpha value is -4.37. The summed E-state index contributed by atoms with van der Waals surface area (Å²) in [6.07, 6.45) is 85.9. The van der Waals surface area contributed by atoms with Gasteiger partial charge < -0.3 is 27.9 Å². The number of unbranched alkanes of at least 4 members (excludes halogenated alkanes) is 13. The molecule has 78 heavy (non-hydrogen) atoms. The number of phosphoric acid groups is 1. The average molecular weight is 1100 g/mol. The summed E-state index contributed by atoms with van der Waals surface area (Å²) in [5.74, 6) is -0.876. The number of quaternary nitrogens is 1. The highest BCUT2D eigenvalue weighted by Crippen LogP contribution is 2.38. The Kier molecular flexibility index (Phi) is 54.1. The molecule has 440 valence electrons. The topological polar surface area (TPSA) is 111 Å². The lowest BCUT2D eigenvalue weighted by molar-refractivity contribution is -0.870. The van der Waals surface area contributed by atoms with Gasteiger partial charge in [-0.25, -0.2) is 0 Å². The maximum Gasteiger partial charge on any atom is 0.306 e. The van der Waals surface area contributed by atoms with Crippen molar-refractivity contribution in [2.45, 2.75) is 213 Å². The van der Waals surface area contributed by atoms with E-state index in [1.54, 1.807) is 0 Å². The molecular formula is C68H110NO8P. The van der Waals surface area contributed by atoms with Gasteiger partial charge in [0.25, 0.3) is 7.82 Å². The Morgan fingerprint density at radius 3 is 1.09 bits per heavy atom. The first-order valence-corrected chi connectivity index (χ1v) is 31.7. The summed E-state index contributed by atoms with van der Waals surface area (Å²) in [5, 5.41) is 0. The van der Waals surface area contributed by atoms with Gasteiger partial charge in [-0.15, -0.1) is 0 Å². The number of esters is 2. The van der Waals surface area contributed by atoms with Crippen molar-refractivity contribution in [3.8, 4) is 0 Å². The number of likely N-dealkylation sites (N-methyl/N-ethyl adjacent to an activating group) is 1. The molecule has 9 nitrogen and oxygen atoms in total. The van der Waals surface area contributed by atoms with Crippen LogP contribution in [0.2, 0.25) is 0 Å². The molecule has 0 bridgehead atoms. The minimum atomic E-state index is -4.65. The van der Waals surface area contributed by atoms with Crippen molar-refractivity contribution in [2.24, 2.45) is 0 Å². The van der Waals surface area contributed by atoms with Gasteiger partial charge in [-0.2, -0.15) is 0 Å². The molecule has 0 saturated carbocycles. The number of hydrogen-bond donors (Lipinski definition) is 0. The molecule has 0 spiro atoms. The zero-order valence-corrected chi connectivity index (χ0v) is 50.7. The average Bonchev–Trinajstić information content (AvgIpc) is 3.40. The van der Waals surface area contributed by atoms with Crippen LogP contribution in [-0.2, 0) is 32.7 Å². The van der Waals surface area contributed by atoms with Gasteiger partial charge in [0, 0.05) is 12.8 Å². The minimum Gasteiger partial charge on any atom is -0.756 e. The Morgan fingerprint density at radius 1 is 0.410 bits per heavy atom. The molecule has 0 fully saturated rings. The minimum absolute atomic E-state index is 0.0437. The number of nitrogens with zero attached hydrogens (tertiary/aromatic N) is 1. The molecule has 2 atom stereocenters. The predicted octanol–water partition coefficient (Wildman–Crippen LogP) is 18.6. The SMILES string of the molecule is CC/C=C\C/C=C\C/C=C\C/C=C\C/C=C\C/C=C\C/C=C\C/C=C\C/C=C\C/C=C\C/C=C\CCCCCCCCCC(=O)OC(COC(=O)CCCCCCC/C=C\C/C=C\CCC)COP(=O)([O-])OCC[N+](C)(C)C. The molecule has 0 amide bonds. The molecular weight excluding hydrogens is 990 g/mol. The molecule has 0 radical (unpaired) electrons. The zero-order chi connectivity index (χ0) is 57.0. The molecule has 0 saturated heterocycles. The van der Waals surface area contributed by atoms with E-state index < -0.39 is 32.5 Å². The van der Waals surface area contributed by atoms with Crippen LogP contribution in [0.25, 0.3) is 0 Å². The third-order valence-corrected chi connectivity index (χ3v) is 13.0. The van der Waals surface area contributed by atoms with Crippen molar-refractivity contribution in [3.63, 3.8) is 0 Å². The summed E-state index contributed by atoms with van der Waals surface area (Å²) in [4.78, 5) is 37.8. The van der Waals surface area contributed by atoms with Crippen LogP contribution in [0.5, 0.6) is 0 Å². The molecule has 0 aromatic heterocycles. The molecule has 10 heteroatoms. The van der Waals surface area contributed by atoms with Gasteiger partial charge in [-0.05, 0) is 122 Å². The van der Waals surface area contributed by atoms with Gasteiger partial charge in [0.15, 0.2) is 6.10 Å². The molecule has 2 unspecified atom stereocenters. The van der Waals surface area contributed by atoms with E-state index in [1.807, 2.05) is 21.1 Å². The Morgan fingerprint density at radius 2 is 0.731 bits per heavy atom. The van der Waals surface area contributed by atoms with Gasteiger partial charge in [-0.1, -0.05) is 230 Å². The highest BCUT2D eigenvalue weighted by Gasteiger charge is 2.21. The van der Waals surface area contributed by atoms with Crippen LogP contribution in [-0.4, -0.2) is 70.0 Å². The van der Waals surface area contributed by atoms with Gasteiger partial charge in [0.05, 0.1) is 27.7 Å². The monoisotopic (exact) mass is 1100 g/mol. The van der Waals surface area contributed by atoms with Crippen LogP contribution in [0.15, 0.2) is 158 Å². The molecule has 0 aliphatic rings. The number of rotatable bonds is 53. The summed E-state index contributed by atoms with van der Waals surface area (Å²) in [6, 6.07) is 0. The van der Waals surface area contributed by atoms with Crippen molar-refractivity contribution in [3.05, 3.63) is 158 Å². The van der Waals surface area contributed by atoms with Gasteiger partial charge in [-0.3, -0.25) is 14.2 Å². The maximum atomic E-state index is 12.8. The zero-order valence-electron chi connectivity index (χ0n) is 49.8. The fourth-order valence-electron chi connectivity index (χ4n) is 7.40. The van der Waals surface area contributed by atoms with Crippen LogP contribution >= 0.6 is 7.82 Å². The van der Waals surface area contributed by atoms with Gasteiger partial charge >= 0.3 is 11.9 Å². The lowest BCUT2D eigenvalue weighted by Crippen LogP contribution is -2.37. The number of carbonyl (C=O) groups excluding carboxylic acids is 2. The van der Waals surface area contributed by atoms with E-state index in [-0.39, 0.29) is 26.1 Å². The molecule has 0 aliphatic heterocycles. The standard InChI is InChI=1S/C68H110NO8P/c1-6-8-10-12-14-16-18-20-21-22-23-24-25-26-27-28-29-30-31-32-33-34-35-36-37-38-39-40-41-42-43-44-45-46-47-49-51-53-55-57-59-61-68(71)77-66(65-76-78(72,73)75-63-62-69(3,4)5)64-74-67(70)60-58-56-54-52-50-48-19-17-15-13-11-9-7-2/h8,10-11,13-14,16-17,19-21,23-24,26-27,29-30,32-33,35-36,38-39,41-42,44-45,66H,6-7,9,12,15,18,22,25,28,31,34,37,40,43,46-65H2,1-5H3/b10-8-,13-11-,16-14-,19-17-,21-20-,24-23-,27-26-,30-29-,33-32-,36-35-,39-38-,42-41-,45-44-. The Balaban J connectivity index is 4.13. The summed E-state index contributed by atoms with van der Waals surface area (Å²) in [7, 11) is 1.13. The van der Waals surface area contributed by atoms with Crippen molar-refractivity contribution in [2.75, 3.05) is 47.5 Å². The molecule has 0 heterocycles. The van der Waals surface area contributed by atoms with Crippen LogP contribution < -0.4 is 4.89 Å². The fourth-order valence-corrected chi connectivity index (χ4v) is 8.13. The highest BCUT2D eigenvalue weighted by molar-refractivity contribution is 7.45. The van der Waals surface area contributed by atoms with E-state index in [0.717, 1.165) is 148 Å². The molecule has 0 aromatic rings. The lowest BCUT2D eigenvalue weighted by Gasteiger charge is -2.28. The second kappa shape index (κ2) is 57.3. The molecule has 0 N–H and O–H groups in total. The van der Waals surface area contributed by atoms with Crippen LogP contribution in [0.1, 0.15) is 206 Å². The molecule has 0 aliphatic carbocycles.